The van der Waals surface area contributed by atoms with E-state index in [0.717, 1.165) is 27.9 Å². The van der Waals surface area contributed by atoms with Crippen LogP contribution in [0.2, 0.25) is 0 Å². The molecule has 2 heterocycles. The number of halogens is 1. The second-order valence-corrected chi connectivity index (χ2v) is 5.36. The molecule has 2 aromatic heterocycles. The predicted octanol–water partition coefficient (Wildman–Crippen LogP) is 4.29. The van der Waals surface area contributed by atoms with E-state index in [0.29, 0.717) is 0 Å². The minimum Gasteiger partial charge on any atom is -0.452 e. The van der Waals surface area contributed by atoms with Crippen LogP contribution in [-0.4, -0.2) is 11.5 Å². The summed E-state index contributed by atoms with van der Waals surface area (Å²) in [4.78, 5) is 4.35. The van der Waals surface area contributed by atoms with Crippen LogP contribution < -0.4 is 5.32 Å². The molecule has 0 fully saturated rings. The van der Waals surface area contributed by atoms with Gasteiger partial charge in [-0.2, -0.15) is 0 Å². The fourth-order valence-electron chi connectivity index (χ4n) is 2.42. The van der Waals surface area contributed by atoms with Crippen LogP contribution >= 0.6 is 15.9 Å². The van der Waals surface area contributed by atoms with Crippen LogP contribution in [0.4, 0.5) is 0 Å². The largest absolute Gasteiger partial charge is 0.452 e. The van der Waals surface area contributed by atoms with Crippen LogP contribution in [0.25, 0.3) is 10.8 Å². The number of fused-ring (bicyclic) bond motifs is 1. The molecule has 3 aromatic rings. The molecule has 0 aliphatic carbocycles. The molecule has 1 N–H and O–H groups in total. The van der Waals surface area contributed by atoms with Crippen LogP contribution in [-0.2, 0) is 0 Å². The first-order valence-electron chi connectivity index (χ1n) is 6.61. The minimum atomic E-state index is 0.00454. The highest BCUT2D eigenvalue weighted by Gasteiger charge is 2.19. The number of pyridine rings is 1. The highest BCUT2D eigenvalue weighted by Crippen LogP contribution is 2.30. The third-order valence-corrected chi connectivity index (χ3v) is 3.72. The molecule has 0 aliphatic heterocycles. The van der Waals surface area contributed by atoms with E-state index in [9.17, 15) is 0 Å². The molecule has 1 atom stereocenters. The lowest BCUT2D eigenvalue weighted by atomic mass is 10.00. The van der Waals surface area contributed by atoms with Crippen molar-refractivity contribution in [3.63, 3.8) is 0 Å². The Morgan fingerprint density at radius 3 is 2.80 bits per heavy atom. The monoisotopic (exact) mass is 330 g/mol. The molecule has 0 spiro atoms. The lowest BCUT2D eigenvalue weighted by molar-refractivity contribution is 0.438. The molecule has 20 heavy (non-hydrogen) atoms. The van der Waals surface area contributed by atoms with Gasteiger partial charge in [-0.15, -0.1) is 0 Å². The summed E-state index contributed by atoms with van der Waals surface area (Å²) in [5, 5.41) is 5.80. The van der Waals surface area contributed by atoms with Gasteiger partial charge in [0.15, 0.2) is 4.67 Å². The van der Waals surface area contributed by atoms with Crippen molar-refractivity contribution in [2.75, 3.05) is 6.54 Å². The van der Waals surface area contributed by atoms with E-state index < -0.39 is 0 Å². The summed E-state index contributed by atoms with van der Waals surface area (Å²) >= 11 is 3.36. The number of hydrogen-bond donors (Lipinski definition) is 1. The molecule has 1 aromatic carbocycles. The van der Waals surface area contributed by atoms with Gasteiger partial charge in [0.25, 0.3) is 0 Å². The van der Waals surface area contributed by atoms with E-state index >= 15 is 0 Å². The highest BCUT2D eigenvalue weighted by molar-refractivity contribution is 9.10. The lowest BCUT2D eigenvalue weighted by Gasteiger charge is -2.17. The van der Waals surface area contributed by atoms with Crippen LogP contribution in [0.1, 0.15) is 24.3 Å². The quantitative estimate of drug-likeness (QED) is 0.775. The Morgan fingerprint density at radius 2 is 2.05 bits per heavy atom. The second kappa shape index (κ2) is 5.77. The number of furan rings is 1. The van der Waals surface area contributed by atoms with Crippen LogP contribution in [0, 0.1) is 0 Å². The average molecular weight is 331 g/mol. The van der Waals surface area contributed by atoms with Gasteiger partial charge in [-0.05, 0) is 40.0 Å². The molecule has 0 bridgehead atoms. The molecule has 0 saturated carbocycles. The van der Waals surface area contributed by atoms with Gasteiger partial charge in [-0.1, -0.05) is 31.2 Å². The van der Waals surface area contributed by atoms with Gasteiger partial charge in [0, 0.05) is 23.3 Å². The maximum atomic E-state index is 5.73. The third-order valence-electron chi connectivity index (χ3n) is 3.30. The van der Waals surface area contributed by atoms with Crippen molar-refractivity contribution in [1.29, 1.82) is 0 Å². The van der Waals surface area contributed by atoms with Crippen molar-refractivity contribution in [3.8, 4) is 0 Å². The van der Waals surface area contributed by atoms with Gasteiger partial charge in [0.05, 0.1) is 6.04 Å². The van der Waals surface area contributed by atoms with E-state index in [2.05, 4.69) is 45.3 Å². The van der Waals surface area contributed by atoms with Crippen LogP contribution in [0.3, 0.4) is 0 Å². The Labute approximate surface area is 126 Å². The normalized spacial score (nSPS) is 12.7. The van der Waals surface area contributed by atoms with E-state index in [-0.39, 0.29) is 6.04 Å². The fourth-order valence-corrected chi connectivity index (χ4v) is 2.74. The molecule has 0 amide bonds. The van der Waals surface area contributed by atoms with E-state index in [1.807, 2.05) is 36.7 Å². The van der Waals surface area contributed by atoms with E-state index in [4.69, 9.17) is 4.42 Å². The number of hydrogen-bond acceptors (Lipinski definition) is 3. The zero-order valence-electron chi connectivity index (χ0n) is 11.1. The minimum absolute atomic E-state index is 0.00454. The highest BCUT2D eigenvalue weighted by atomic mass is 79.9. The van der Waals surface area contributed by atoms with E-state index in [1.54, 1.807) is 0 Å². The van der Waals surface area contributed by atoms with Crippen molar-refractivity contribution < 1.29 is 4.42 Å². The molecule has 102 valence electrons. The molecule has 4 heteroatoms. The summed E-state index contributed by atoms with van der Waals surface area (Å²) in [6.07, 6.45) is 3.80. The summed E-state index contributed by atoms with van der Waals surface area (Å²) in [5.74, 6) is 0.886. The zero-order valence-corrected chi connectivity index (χ0v) is 12.7. The van der Waals surface area contributed by atoms with Gasteiger partial charge in [0.1, 0.15) is 5.76 Å². The standard InChI is InChI=1S/C16H15BrN2O/c1-2-19-16(14-7-8-15(17)20-14)13-10-18-9-11-5-3-4-6-12(11)13/h3-10,16,19H,2H2,1H3. The number of benzene rings is 1. The summed E-state index contributed by atoms with van der Waals surface area (Å²) < 4.78 is 6.47. The molecule has 1 unspecified atom stereocenters. The number of nitrogens with one attached hydrogen (secondary N) is 1. The molecule has 0 saturated heterocycles. The number of nitrogens with zero attached hydrogens (tertiary/aromatic N) is 1. The Kier molecular flexibility index (Phi) is 3.85. The van der Waals surface area contributed by atoms with Crippen molar-refractivity contribution in [2.45, 2.75) is 13.0 Å². The number of aromatic nitrogens is 1. The summed E-state index contributed by atoms with van der Waals surface area (Å²) in [6.45, 7) is 2.94. The van der Waals surface area contributed by atoms with Crippen molar-refractivity contribution in [1.82, 2.24) is 10.3 Å². The Balaban J connectivity index is 2.14. The van der Waals surface area contributed by atoms with Gasteiger partial charge in [0.2, 0.25) is 0 Å². The molecule has 3 rings (SSSR count). The maximum Gasteiger partial charge on any atom is 0.169 e. The SMILES string of the molecule is CCNC(c1ccc(Br)o1)c1cncc2ccccc12. The molecule has 3 nitrogen and oxygen atoms in total. The van der Waals surface area contributed by atoms with Crippen molar-refractivity contribution in [2.24, 2.45) is 0 Å². The van der Waals surface area contributed by atoms with Crippen molar-refractivity contribution >= 4 is 26.7 Å². The fraction of sp³-hybridized carbons (Fsp3) is 0.188. The van der Waals surface area contributed by atoms with Gasteiger partial charge in [-0.25, -0.2) is 0 Å². The molecule has 0 radical (unpaired) electrons. The van der Waals surface area contributed by atoms with E-state index in [1.165, 1.54) is 5.39 Å². The third kappa shape index (κ3) is 2.49. The second-order valence-electron chi connectivity index (χ2n) is 4.58. The molecular weight excluding hydrogens is 316 g/mol. The molecular formula is C16H15BrN2O. The smallest absolute Gasteiger partial charge is 0.169 e. The van der Waals surface area contributed by atoms with Gasteiger partial charge >= 0.3 is 0 Å². The van der Waals surface area contributed by atoms with Crippen LogP contribution in [0.15, 0.2) is 57.9 Å². The van der Waals surface area contributed by atoms with Gasteiger partial charge in [-0.3, -0.25) is 4.98 Å². The Bertz CT molecular complexity index is 718. The first-order chi connectivity index (χ1) is 9.79. The summed E-state index contributed by atoms with van der Waals surface area (Å²) in [6, 6.07) is 12.2. The average Bonchev–Trinajstić information content (AvgIpc) is 2.91. The zero-order chi connectivity index (χ0) is 13.9. The lowest BCUT2D eigenvalue weighted by Crippen LogP contribution is -2.22. The van der Waals surface area contributed by atoms with Crippen molar-refractivity contribution in [3.05, 3.63) is 64.8 Å². The van der Waals surface area contributed by atoms with Crippen LogP contribution in [0.5, 0.6) is 0 Å². The first-order valence-corrected chi connectivity index (χ1v) is 7.40. The Hall–Kier alpha value is -1.65. The summed E-state index contributed by atoms with van der Waals surface area (Å²) in [7, 11) is 0. The predicted molar refractivity (Wildman–Crippen MR) is 83.7 cm³/mol. The topological polar surface area (TPSA) is 38.1 Å². The Morgan fingerprint density at radius 1 is 1.20 bits per heavy atom. The molecule has 0 aliphatic rings. The summed E-state index contributed by atoms with van der Waals surface area (Å²) in [5.41, 5.74) is 1.13. The first kappa shape index (κ1) is 13.3. The van der Waals surface area contributed by atoms with Gasteiger partial charge < -0.3 is 9.73 Å². The maximum absolute atomic E-state index is 5.73. The number of rotatable bonds is 4.